The fourth-order valence-electron chi connectivity index (χ4n) is 0.494. The van der Waals surface area contributed by atoms with E-state index in [4.69, 9.17) is 41.9 Å². The molecular weight excluding hydrogens is 279 g/mol. The summed E-state index contributed by atoms with van der Waals surface area (Å²) >= 11 is 0. The van der Waals surface area contributed by atoms with Gasteiger partial charge in [0.1, 0.15) is 0 Å². The standard InChI is InChI=1S/C6H14N3.3ClH.Co/c7-3-1-5-9-6-2-4-8;;;;/h7-8H,1-6H2;3*1H;/q-3;;;;+3/p-3. The third kappa shape index (κ3) is 31.9. The van der Waals surface area contributed by atoms with Crippen LogP contribution < -0.4 is 0 Å². The molecule has 0 amide bonds. The Morgan fingerprint density at radius 3 is 1.46 bits per heavy atom. The minimum Gasteiger partial charge on any atom is -0.677 e. The Balaban J connectivity index is 0. The summed E-state index contributed by atoms with van der Waals surface area (Å²) in [5.41, 5.74) is 13.6. The van der Waals surface area contributed by atoms with Gasteiger partial charge in [-0.2, -0.15) is 26.2 Å². The van der Waals surface area contributed by atoms with E-state index in [0.29, 0.717) is 13.1 Å². The quantitative estimate of drug-likeness (QED) is 0.655. The van der Waals surface area contributed by atoms with Gasteiger partial charge in [0.2, 0.25) is 0 Å². The SMILES string of the molecule is [Cl][Co]([Cl])[Cl].[NH-]CCC[N-]CCC[NH-]. The minimum atomic E-state index is -1.19. The number of rotatable bonds is 6. The molecule has 0 aliphatic carbocycles. The first-order chi connectivity index (χ1) is 6.15. The van der Waals surface area contributed by atoms with Gasteiger partial charge in [0.05, 0.1) is 0 Å². The van der Waals surface area contributed by atoms with Crippen molar-refractivity contribution in [2.45, 2.75) is 12.8 Å². The van der Waals surface area contributed by atoms with Crippen LogP contribution in [0.2, 0.25) is 0 Å². The maximum Gasteiger partial charge on any atom is -0.0914 e. The summed E-state index contributed by atoms with van der Waals surface area (Å²) in [5.74, 6) is 0. The van der Waals surface area contributed by atoms with Crippen LogP contribution in [0.5, 0.6) is 0 Å². The maximum atomic E-state index is 6.79. The molecule has 0 aliphatic rings. The summed E-state index contributed by atoms with van der Waals surface area (Å²) in [5, 5.41) is 4.11. The predicted octanol–water partition coefficient (Wildman–Crippen LogP) is 4.31. The van der Waals surface area contributed by atoms with Crippen LogP contribution in [0.3, 0.4) is 0 Å². The molecule has 86 valence electrons. The van der Waals surface area contributed by atoms with E-state index >= 15 is 0 Å². The van der Waals surface area contributed by atoms with Gasteiger partial charge in [0, 0.05) is 0 Å². The van der Waals surface area contributed by atoms with Crippen LogP contribution in [0.1, 0.15) is 12.8 Å². The van der Waals surface area contributed by atoms with Crippen molar-refractivity contribution in [3.8, 4) is 0 Å². The average molecular weight is 293 g/mol. The fourth-order valence-corrected chi connectivity index (χ4v) is 0.494. The summed E-state index contributed by atoms with van der Waals surface area (Å²) < 4.78 is 0. The van der Waals surface area contributed by atoms with Crippen LogP contribution in [-0.4, -0.2) is 26.2 Å². The molecule has 0 heterocycles. The number of hydrogen-bond acceptors (Lipinski definition) is 0. The van der Waals surface area contributed by atoms with Gasteiger partial charge in [-0.3, -0.25) is 0 Å². The van der Waals surface area contributed by atoms with Gasteiger partial charge in [-0.25, -0.2) is 0 Å². The van der Waals surface area contributed by atoms with E-state index in [9.17, 15) is 0 Å². The molecule has 0 saturated heterocycles. The normalized spacial score (nSPS) is 10.4. The second-order valence-electron chi connectivity index (χ2n) is 2.02. The van der Waals surface area contributed by atoms with Crippen LogP contribution in [0, 0.1) is 0 Å². The molecule has 0 aliphatic heterocycles. The molecule has 2 N–H and O–H groups in total. The molecular formula is C6H14Cl3CoN3-3. The van der Waals surface area contributed by atoms with E-state index < -0.39 is 10.9 Å². The van der Waals surface area contributed by atoms with Gasteiger partial charge >= 0.3 is 41.4 Å². The van der Waals surface area contributed by atoms with Crippen molar-refractivity contribution >= 4 is 30.4 Å². The fraction of sp³-hybridized carbons (Fsp3) is 1.00. The van der Waals surface area contributed by atoms with Crippen molar-refractivity contribution in [3.05, 3.63) is 16.8 Å². The molecule has 0 rings (SSSR count). The zero-order valence-electron chi connectivity index (χ0n) is 7.16. The topological polar surface area (TPSA) is 61.7 Å². The van der Waals surface area contributed by atoms with Crippen LogP contribution in [0.4, 0.5) is 0 Å². The minimum absolute atomic E-state index is 0.477. The molecule has 0 aromatic carbocycles. The zero-order valence-corrected chi connectivity index (χ0v) is 10.5. The third-order valence-corrected chi connectivity index (χ3v) is 0.986. The molecule has 0 fully saturated rings. The Morgan fingerprint density at radius 2 is 1.23 bits per heavy atom. The first kappa shape index (κ1) is 16.7. The number of nitrogens with zero attached hydrogens (tertiary/aromatic N) is 1. The van der Waals surface area contributed by atoms with Crippen LogP contribution in [-0.2, 0) is 10.9 Å². The summed E-state index contributed by atoms with van der Waals surface area (Å²) in [7, 11) is 13.4. The van der Waals surface area contributed by atoms with Gasteiger partial charge in [0.25, 0.3) is 0 Å². The van der Waals surface area contributed by atoms with E-state index in [1.165, 1.54) is 0 Å². The first-order valence-corrected chi connectivity index (χ1v) is 8.01. The maximum absolute atomic E-state index is 6.79. The molecule has 0 spiro atoms. The third-order valence-electron chi connectivity index (χ3n) is 0.986. The molecule has 0 radical (unpaired) electrons. The Labute approximate surface area is 97.0 Å². The van der Waals surface area contributed by atoms with Gasteiger partial charge in [-0.15, -0.1) is 0 Å². The average Bonchev–Trinajstić information content (AvgIpc) is 2.03. The Hall–Kier alpha value is 1.26. The number of hydrogen-bond donors (Lipinski definition) is 0. The summed E-state index contributed by atoms with van der Waals surface area (Å²) in [6.45, 7) is 2.57. The van der Waals surface area contributed by atoms with E-state index in [1.54, 1.807) is 0 Å². The van der Waals surface area contributed by atoms with E-state index in [2.05, 4.69) is 5.32 Å². The van der Waals surface area contributed by atoms with Crippen LogP contribution in [0.25, 0.3) is 16.8 Å². The van der Waals surface area contributed by atoms with Gasteiger partial charge in [0.15, 0.2) is 0 Å². The molecule has 0 saturated carbocycles. The van der Waals surface area contributed by atoms with Crippen LogP contribution in [0.15, 0.2) is 0 Å². The number of halogens is 3. The summed E-state index contributed by atoms with van der Waals surface area (Å²) in [4.78, 5) is 0. The zero-order chi connectivity index (χ0) is 10.5. The summed E-state index contributed by atoms with van der Waals surface area (Å²) in [6, 6.07) is 0. The molecule has 7 heteroatoms. The smallest absolute Gasteiger partial charge is 0.0914 e. The van der Waals surface area contributed by atoms with Gasteiger partial charge < -0.3 is 16.8 Å². The monoisotopic (exact) mass is 292 g/mol. The summed E-state index contributed by atoms with van der Waals surface area (Å²) in [6.07, 6.45) is 1.75. The van der Waals surface area contributed by atoms with Crippen molar-refractivity contribution in [2.75, 3.05) is 26.2 Å². The van der Waals surface area contributed by atoms with E-state index in [0.717, 1.165) is 25.9 Å². The molecule has 0 unspecified atom stereocenters. The van der Waals surface area contributed by atoms with Crippen molar-refractivity contribution < 1.29 is 10.9 Å². The molecule has 13 heavy (non-hydrogen) atoms. The van der Waals surface area contributed by atoms with E-state index in [-0.39, 0.29) is 0 Å². The Kier molecular flexibility index (Phi) is 20.2. The molecule has 0 aromatic rings. The Morgan fingerprint density at radius 1 is 0.923 bits per heavy atom. The van der Waals surface area contributed by atoms with Gasteiger partial charge in [-0.1, -0.05) is 12.8 Å². The van der Waals surface area contributed by atoms with Crippen molar-refractivity contribution in [2.24, 2.45) is 0 Å². The number of nitrogens with one attached hydrogen (secondary N) is 2. The Bertz CT molecular complexity index is 78.8. The van der Waals surface area contributed by atoms with Gasteiger partial charge in [-0.05, 0) is 0 Å². The largest absolute Gasteiger partial charge is 0.677 e. The molecule has 0 atom stereocenters. The molecule has 0 aromatic heterocycles. The predicted molar refractivity (Wildman–Crippen MR) is 58.3 cm³/mol. The van der Waals surface area contributed by atoms with Crippen molar-refractivity contribution in [1.82, 2.24) is 0 Å². The molecule has 0 bridgehead atoms. The molecule has 3 nitrogen and oxygen atoms in total. The van der Waals surface area contributed by atoms with Crippen molar-refractivity contribution in [3.63, 3.8) is 0 Å². The van der Waals surface area contributed by atoms with Crippen LogP contribution >= 0.6 is 30.4 Å². The van der Waals surface area contributed by atoms with E-state index in [1.807, 2.05) is 0 Å². The second kappa shape index (κ2) is 15.7. The van der Waals surface area contributed by atoms with Crippen molar-refractivity contribution in [1.29, 1.82) is 0 Å². The first-order valence-electron chi connectivity index (χ1n) is 3.72. The second-order valence-corrected chi connectivity index (χ2v) is 7.18.